The van der Waals surface area contributed by atoms with Gasteiger partial charge in [-0.2, -0.15) is 0 Å². The quantitative estimate of drug-likeness (QED) is 0.770. The molecule has 0 saturated carbocycles. The molecule has 1 saturated heterocycles. The molecule has 1 aliphatic rings. The third kappa shape index (κ3) is 1.84. The molecule has 1 N–H and O–H groups in total. The zero-order chi connectivity index (χ0) is 11.5. The Morgan fingerprint density at radius 1 is 1.25 bits per heavy atom. The van der Waals surface area contributed by atoms with Gasteiger partial charge in [-0.05, 0) is 18.6 Å². The number of nitrogens with zero attached hydrogens (tertiary/aromatic N) is 1. The zero-order valence-electron chi connectivity index (χ0n) is 8.80. The molecule has 2 amide bonds. The van der Waals surface area contributed by atoms with Crippen LogP contribution >= 0.6 is 0 Å². The van der Waals surface area contributed by atoms with Gasteiger partial charge < -0.3 is 5.11 Å². The van der Waals surface area contributed by atoms with Crippen LogP contribution in [0.1, 0.15) is 12.8 Å². The second-order valence-electron chi connectivity index (χ2n) is 3.82. The van der Waals surface area contributed by atoms with E-state index in [-0.39, 0.29) is 30.8 Å². The lowest BCUT2D eigenvalue weighted by molar-refractivity contribution is -0.122. The number of hydrogen-bond donors (Lipinski definition) is 1. The summed E-state index contributed by atoms with van der Waals surface area (Å²) < 4.78 is 0. The smallest absolute Gasteiger partial charge is 0.237 e. The van der Waals surface area contributed by atoms with Gasteiger partial charge in [-0.1, -0.05) is 18.2 Å². The molecule has 1 unspecified atom stereocenters. The molecular formula is C12H13NO3. The van der Waals surface area contributed by atoms with E-state index in [1.807, 2.05) is 6.07 Å². The Hall–Kier alpha value is -1.68. The van der Waals surface area contributed by atoms with Crippen LogP contribution in [0, 0.1) is 5.92 Å². The molecule has 0 aromatic heterocycles. The summed E-state index contributed by atoms with van der Waals surface area (Å²) in [6.07, 6.45) is 0.558. The van der Waals surface area contributed by atoms with Gasteiger partial charge in [0.2, 0.25) is 11.8 Å². The van der Waals surface area contributed by atoms with E-state index < -0.39 is 0 Å². The van der Waals surface area contributed by atoms with E-state index in [4.69, 9.17) is 5.11 Å². The lowest BCUT2D eigenvalue weighted by Gasteiger charge is -2.14. The molecule has 1 aromatic rings. The van der Waals surface area contributed by atoms with Gasteiger partial charge in [0, 0.05) is 18.9 Å². The second kappa shape index (κ2) is 4.45. The fourth-order valence-corrected chi connectivity index (χ4v) is 1.92. The van der Waals surface area contributed by atoms with Crippen LogP contribution in [0.2, 0.25) is 0 Å². The summed E-state index contributed by atoms with van der Waals surface area (Å²) in [6.45, 7) is -0.0632. The summed E-state index contributed by atoms with van der Waals surface area (Å²) in [5, 5.41) is 8.81. The van der Waals surface area contributed by atoms with E-state index >= 15 is 0 Å². The summed E-state index contributed by atoms with van der Waals surface area (Å²) >= 11 is 0. The minimum Gasteiger partial charge on any atom is -0.396 e. The highest BCUT2D eigenvalue weighted by Crippen LogP contribution is 2.27. The number of carbonyl (C=O) groups excluding carboxylic acids is 2. The van der Waals surface area contributed by atoms with Gasteiger partial charge >= 0.3 is 0 Å². The first-order chi connectivity index (χ1) is 7.74. The number of amides is 2. The van der Waals surface area contributed by atoms with Crippen LogP contribution in [0.5, 0.6) is 0 Å². The van der Waals surface area contributed by atoms with Gasteiger partial charge in [-0.25, -0.2) is 0 Å². The Balaban J connectivity index is 2.23. The molecule has 1 fully saturated rings. The summed E-state index contributed by atoms with van der Waals surface area (Å²) in [5.41, 5.74) is 0.609. The van der Waals surface area contributed by atoms with Gasteiger partial charge in [0.05, 0.1) is 5.69 Å². The average Bonchev–Trinajstić information content (AvgIpc) is 2.56. The standard InChI is InChI=1S/C12H13NO3/c14-7-6-9-8-11(15)13(12(9)16)10-4-2-1-3-5-10/h1-5,9,14H,6-8H2. The molecule has 1 heterocycles. The van der Waals surface area contributed by atoms with E-state index in [1.165, 1.54) is 4.90 Å². The van der Waals surface area contributed by atoms with Crippen molar-refractivity contribution in [1.82, 2.24) is 0 Å². The minimum atomic E-state index is -0.363. The fraction of sp³-hybridized carbons (Fsp3) is 0.333. The topological polar surface area (TPSA) is 57.6 Å². The van der Waals surface area contributed by atoms with Crippen LogP contribution in [0.25, 0.3) is 0 Å². The number of rotatable bonds is 3. The maximum atomic E-state index is 11.9. The minimum absolute atomic E-state index is 0.0632. The number of aliphatic hydroxyl groups is 1. The summed E-state index contributed by atoms with van der Waals surface area (Å²) in [5.74, 6) is -0.752. The maximum absolute atomic E-state index is 11.9. The SMILES string of the molecule is O=C1CC(CCO)C(=O)N1c1ccccc1. The van der Waals surface area contributed by atoms with Crippen molar-refractivity contribution in [2.24, 2.45) is 5.92 Å². The molecule has 0 bridgehead atoms. The Labute approximate surface area is 93.5 Å². The molecule has 16 heavy (non-hydrogen) atoms. The molecule has 4 nitrogen and oxygen atoms in total. The molecular weight excluding hydrogens is 206 g/mol. The molecule has 1 aromatic carbocycles. The van der Waals surface area contributed by atoms with Gasteiger partial charge in [-0.3, -0.25) is 14.5 Å². The number of aliphatic hydroxyl groups excluding tert-OH is 1. The van der Waals surface area contributed by atoms with Gasteiger partial charge in [0.1, 0.15) is 0 Å². The third-order valence-electron chi connectivity index (χ3n) is 2.73. The largest absolute Gasteiger partial charge is 0.396 e. The van der Waals surface area contributed by atoms with Crippen molar-refractivity contribution < 1.29 is 14.7 Å². The molecule has 1 aliphatic heterocycles. The lowest BCUT2D eigenvalue weighted by Crippen LogP contribution is -2.30. The molecule has 4 heteroatoms. The Kier molecular flexibility index (Phi) is 3.01. The normalized spacial score (nSPS) is 20.6. The van der Waals surface area contributed by atoms with E-state index in [9.17, 15) is 9.59 Å². The van der Waals surface area contributed by atoms with Crippen molar-refractivity contribution in [2.45, 2.75) is 12.8 Å². The highest BCUT2D eigenvalue weighted by atomic mass is 16.3. The predicted molar refractivity (Wildman–Crippen MR) is 58.7 cm³/mol. The molecule has 1 atom stereocenters. The van der Waals surface area contributed by atoms with Gasteiger partial charge in [0.25, 0.3) is 0 Å². The van der Waals surface area contributed by atoms with Crippen LogP contribution in [0.3, 0.4) is 0 Å². The van der Waals surface area contributed by atoms with Crippen molar-refractivity contribution in [3.05, 3.63) is 30.3 Å². The Morgan fingerprint density at radius 3 is 2.56 bits per heavy atom. The average molecular weight is 219 g/mol. The summed E-state index contributed by atoms with van der Waals surface area (Å²) in [7, 11) is 0. The first-order valence-corrected chi connectivity index (χ1v) is 5.26. The number of carbonyl (C=O) groups is 2. The first kappa shape index (κ1) is 10.8. The maximum Gasteiger partial charge on any atom is 0.237 e. The van der Waals surface area contributed by atoms with Crippen LogP contribution in [0.15, 0.2) is 30.3 Å². The third-order valence-corrected chi connectivity index (χ3v) is 2.73. The number of anilines is 1. The van der Waals surface area contributed by atoms with Gasteiger partial charge in [-0.15, -0.1) is 0 Å². The first-order valence-electron chi connectivity index (χ1n) is 5.26. The molecule has 0 radical (unpaired) electrons. The van der Waals surface area contributed by atoms with Crippen molar-refractivity contribution in [2.75, 3.05) is 11.5 Å². The van der Waals surface area contributed by atoms with Crippen molar-refractivity contribution in [3.63, 3.8) is 0 Å². The fourth-order valence-electron chi connectivity index (χ4n) is 1.92. The number of para-hydroxylation sites is 1. The number of hydrogen-bond acceptors (Lipinski definition) is 3. The number of benzene rings is 1. The van der Waals surface area contributed by atoms with E-state index in [2.05, 4.69) is 0 Å². The monoisotopic (exact) mass is 219 g/mol. The Morgan fingerprint density at radius 2 is 1.94 bits per heavy atom. The Bertz CT molecular complexity index is 402. The molecule has 0 spiro atoms. The van der Waals surface area contributed by atoms with E-state index in [1.54, 1.807) is 24.3 Å². The van der Waals surface area contributed by atoms with E-state index in [0.29, 0.717) is 12.1 Å². The summed E-state index contributed by atoms with van der Waals surface area (Å²) in [4.78, 5) is 24.8. The van der Waals surface area contributed by atoms with Gasteiger partial charge in [0.15, 0.2) is 0 Å². The molecule has 0 aliphatic carbocycles. The highest BCUT2D eigenvalue weighted by Gasteiger charge is 2.38. The molecule has 2 rings (SSSR count). The molecule has 84 valence electrons. The van der Waals surface area contributed by atoms with Crippen LogP contribution in [-0.2, 0) is 9.59 Å². The number of imide groups is 1. The zero-order valence-corrected chi connectivity index (χ0v) is 8.80. The lowest BCUT2D eigenvalue weighted by atomic mass is 10.1. The van der Waals surface area contributed by atoms with Crippen molar-refractivity contribution in [3.8, 4) is 0 Å². The predicted octanol–water partition coefficient (Wildman–Crippen LogP) is 0.949. The summed E-state index contributed by atoms with van der Waals surface area (Å²) in [6, 6.07) is 8.87. The van der Waals surface area contributed by atoms with Crippen LogP contribution in [0.4, 0.5) is 5.69 Å². The van der Waals surface area contributed by atoms with E-state index in [0.717, 1.165) is 0 Å². The highest BCUT2D eigenvalue weighted by molar-refractivity contribution is 6.20. The van der Waals surface area contributed by atoms with Crippen molar-refractivity contribution in [1.29, 1.82) is 0 Å². The van der Waals surface area contributed by atoms with Crippen LogP contribution in [-0.4, -0.2) is 23.5 Å². The van der Waals surface area contributed by atoms with Crippen molar-refractivity contribution >= 4 is 17.5 Å². The van der Waals surface area contributed by atoms with Crippen LogP contribution < -0.4 is 4.90 Å². The second-order valence-corrected chi connectivity index (χ2v) is 3.82.